The van der Waals surface area contributed by atoms with Crippen LogP contribution in [0.2, 0.25) is 0 Å². The molecule has 2 aromatic carbocycles. The first-order valence-corrected chi connectivity index (χ1v) is 11.8. The van der Waals surface area contributed by atoms with Crippen molar-refractivity contribution in [2.75, 3.05) is 26.2 Å². The van der Waals surface area contributed by atoms with Gasteiger partial charge in [0.05, 0.1) is 18.0 Å². The van der Waals surface area contributed by atoms with Gasteiger partial charge >= 0.3 is 11.8 Å². The molecule has 0 aromatic heterocycles. The summed E-state index contributed by atoms with van der Waals surface area (Å²) in [6, 6.07) is 14.3. The van der Waals surface area contributed by atoms with Gasteiger partial charge < -0.3 is 15.4 Å². The Hall–Kier alpha value is -2.82. The molecule has 10 heteroatoms. The number of halogens is 1. The highest BCUT2D eigenvalue weighted by Gasteiger charge is 2.34. The summed E-state index contributed by atoms with van der Waals surface area (Å²) in [7, 11) is -3.95. The molecule has 32 heavy (non-hydrogen) atoms. The van der Waals surface area contributed by atoms with Crippen molar-refractivity contribution in [3.8, 4) is 0 Å². The Balaban J connectivity index is 1.49. The monoisotopic (exact) mass is 463 g/mol. The Morgan fingerprint density at radius 3 is 2.44 bits per heavy atom. The maximum atomic E-state index is 13.2. The zero-order chi connectivity index (χ0) is 23.0. The highest BCUT2D eigenvalue weighted by Crippen LogP contribution is 2.22. The van der Waals surface area contributed by atoms with Crippen LogP contribution in [-0.4, -0.2) is 57.0 Å². The van der Waals surface area contributed by atoms with Gasteiger partial charge in [-0.15, -0.1) is 0 Å². The van der Waals surface area contributed by atoms with Gasteiger partial charge in [0.25, 0.3) is 0 Å². The lowest BCUT2D eigenvalue weighted by Crippen LogP contribution is -2.53. The number of nitrogens with zero attached hydrogens (tertiary/aromatic N) is 1. The zero-order valence-electron chi connectivity index (χ0n) is 17.5. The van der Waals surface area contributed by atoms with Crippen LogP contribution in [0.5, 0.6) is 0 Å². The molecule has 0 spiro atoms. The average Bonchev–Trinajstić information content (AvgIpc) is 2.81. The predicted molar refractivity (Wildman–Crippen MR) is 115 cm³/mol. The lowest BCUT2D eigenvalue weighted by atomic mass is 10.1. The Kier molecular flexibility index (Phi) is 8.32. The molecule has 2 aromatic rings. The SMILES string of the molecule is O=C(NCCCc1ccccc1)C(=O)NC[C@H]1OCCCN1S(=O)(=O)c1ccc(F)cc1. The molecule has 2 N–H and O–H groups in total. The Labute approximate surface area is 186 Å². The summed E-state index contributed by atoms with van der Waals surface area (Å²) in [5, 5.41) is 4.99. The molecule has 0 saturated carbocycles. The van der Waals surface area contributed by atoms with Crippen LogP contribution >= 0.6 is 0 Å². The first-order chi connectivity index (χ1) is 15.4. The van der Waals surface area contributed by atoms with Crippen molar-refractivity contribution in [3.63, 3.8) is 0 Å². The Morgan fingerprint density at radius 1 is 1.03 bits per heavy atom. The minimum Gasteiger partial charge on any atom is -0.360 e. The molecule has 1 aliphatic heterocycles. The molecule has 1 saturated heterocycles. The van der Waals surface area contributed by atoms with E-state index in [1.54, 1.807) is 0 Å². The number of carbonyl (C=O) groups is 2. The highest BCUT2D eigenvalue weighted by molar-refractivity contribution is 7.89. The van der Waals surface area contributed by atoms with Crippen LogP contribution < -0.4 is 10.6 Å². The van der Waals surface area contributed by atoms with Crippen LogP contribution in [0.3, 0.4) is 0 Å². The van der Waals surface area contributed by atoms with Gasteiger partial charge in [0.1, 0.15) is 12.0 Å². The van der Waals surface area contributed by atoms with Gasteiger partial charge in [-0.3, -0.25) is 9.59 Å². The van der Waals surface area contributed by atoms with E-state index in [-0.39, 0.29) is 18.0 Å². The van der Waals surface area contributed by atoms with Crippen LogP contribution in [0.15, 0.2) is 59.5 Å². The van der Waals surface area contributed by atoms with E-state index in [0.717, 1.165) is 28.4 Å². The second kappa shape index (κ2) is 11.2. The number of rotatable bonds is 8. The van der Waals surface area contributed by atoms with Gasteiger partial charge in [0.15, 0.2) is 0 Å². The molecule has 2 amide bonds. The lowest BCUT2D eigenvalue weighted by Gasteiger charge is -2.34. The van der Waals surface area contributed by atoms with Crippen molar-refractivity contribution >= 4 is 21.8 Å². The number of hydrogen-bond acceptors (Lipinski definition) is 5. The summed E-state index contributed by atoms with van der Waals surface area (Å²) >= 11 is 0. The molecule has 3 rings (SSSR count). The molecule has 8 nitrogen and oxygen atoms in total. The fourth-order valence-corrected chi connectivity index (χ4v) is 4.89. The first-order valence-electron chi connectivity index (χ1n) is 10.4. The topological polar surface area (TPSA) is 105 Å². The molecular formula is C22H26FN3O5S. The quantitative estimate of drug-likeness (QED) is 0.455. The van der Waals surface area contributed by atoms with Crippen LogP contribution in [0.1, 0.15) is 18.4 Å². The number of sulfonamides is 1. The van der Waals surface area contributed by atoms with E-state index < -0.39 is 33.9 Å². The maximum Gasteiger partial charge on any atom is 0.309 e. The van der Waals surface area contributed by atoms with Crippen molar-refractivity contribution in [1.29, 1.82) is 0 Å². The van der Waals surface area contributed by atoms with Crippen LogP contribution in [0.25, 0.3) is 0 Å². The zero-order valence-corrected chi connectivity index (χ0v) is 18.3. The van der Waals surface area contributed by atoms with E-state index in [0.29, 0.717) is 26.0 Å². The number of hydrogen-bond donors (Lipinski definition) is 2. The van der Waals surface area contributed by atoms with Gasteiger partial charge in [0.2, 0.25) is 10.0 Å². The third kappa shape index (κ3) is 6.35. The maximum absolute atomic E-state index is 13.2. The molecular weight excluding hydrogens is 437 g/mol. The summed E-state index contributed by atoms with van der Waals surface area (Å²) in [5.74, 6) is -2.20. The molecule has 1 atom stereocenters. The number of ether oxygens (including phenoxy) is 1. The van der Waals surface area contributed by atoms with Crippen molar-refractivity contribution in [1.82, 2.24) is 14.9 Å². The van der Waals surface area contributed by atoms with Crippen LogP contribution in [0, 0.1) is 5.82 Å². The second-order valence-electron chi connectivity index (χ2n) is 7.30. The molecule has 1 heterocycles. The van der Waals surface area contributed by atoms with Gasteiger partial charge in [0, 0.05) is 13.1 Å². The number of benzene rings is 2. The van der Waals surface area contributed by atoms with E-state index >= 15 is 0 Å². The lowest BCUT2D eigenvalue weighted by molar-refractivity contribution is -0.140. The summed E-state index contributed by atoms with van der Waals surface area (Å²) in [6.07, 6.45) is 0.966. The molecule has 172 valence electrons. The number of carbonyl (C=O) groups excluding carboxylic acids is 2. The average molecular weight is 464 g/mol. The largest absolute Gasteiger partial charge is 0.360 e. The number of aryl methyl sites for hydroxylation is 1. The third-order valence-electron chi connectivity index (χ3n) is 4.99. The van der Waals surface area contributed by atoms with E-state index in [2.05, 4.69) is 10.6 Å². The van der Waals surface area contributed by atoms with Crippen LogP contribution in [0.4, 0.5) is 4.39 Å². The van der Waals surface area contributed by atoms with Gasteiger partial charge in [-0.2, -0.15) is 4.31 Å². The van der Waals surface area contributed by atoms with Gasteiger partial charge in [-0.05, 0) is 49.1 Å². The van der Waals surface area contributed by atoms with E-state index in [1.807, 2.05) is 30.3 Å². The van der Waals surface area contributed by atoms with Crippen molar-refractivity contribution in [3.05, 3.63) is 66.0 Å². The van der Waals surface area contributed by atoms with E-state index in [1.165, 1.54) is 12.1 Å². The summed E-state index contributed by atoms with van der Waals surface area (Å²) in [6.45, 7) is 0.663. The molecule has 0 radical (unpaired) electrons. The van der Waals surface area contributed by atoms with Gasteiger partial charge in [-0.25, -0.2) is 12.8 Å². The highest BCUT2D eigenvalue weighted by atomic mass is 32.2. The molecule has 0 aliphatic carbocycles. The fraction of sp³-hybridized carbons (Fsp3) is 0.364. The number of amides is 2. The molecule has 0 unspecified atom stereocenters. The second-order valence-corrected chi connectivity index (χ2v) is 9.19. The minimum atomic E-state index is -3.95. The summed E-state index contributed by atoms with van der Waals surface area (Å²) < 4.78 is 45.6. The normalized spacial score (nSPS) is 17.0. The third-order valence-corrected chi connectivity index (χ3v) is 6.89. The van der Waals surface area contributed by atoms with E-state index in [4.69, 9.17) is 4.74 Å². The Bertz CT molecular complexity index is 1020. The Morgan fingerprint density at radius 2 is 1.72 bits per heavy atom. The van der Waals surface area contributed by atoms with Crippen molar-refractivity contribution < 1.29 is 27.1 Å². The first kappa shape index (κ1) is 23.8. The van der Waals surface area contributed by atoms with Gasteiger partial charge in [-0.1, -0.05) is 30.3 Å². The summed E-state index contributed by atoms with van der Waals surface area (Å²) in [5.41, 5.74) is 1.14. The summed E-state index contributed by atoms with van der Waals surface area (Å²) in [4.78, 5) is 24.1. The van der Waals surface area contributed by atoms with Crippen LogP contribution in [-0.2, 0) is 30.8 Å². The fourth-order valence-electron chi connectivity index (χ4n) is 3.32. The van der Waals surface area contributed by atoms with Crippen molar-refractivity contribution in [2.45, 2.75) is 30.4 Å². The smallest absolute Gasteiger partial charge is 0.309 e. The molecule has 0 bridgehead atoms. The predicted octanol–water partition coefficient (Wildman–Crippen LogP) is 1.43. The number of nitrogens with one attached hydrogen (secondary N) is 2. The standard InChI is InChI=1S/C22H26FN3O5S/c23-18-9-11-19(12-10-18)32(29,30)26-14-5-15-31-20(26)16-25-22(28)21(27)24-13-4-8-17-6-2-1-3-7-17/h1-3,6-7,9-12,20H,4-5,8,13-16H2,(H,24,27)(H,25,28)/t20-/m1/s1. The minimum absolute atomic E-state index is 0.0723. The van der Waals surface area contributed by atoms with E-state index in [9.17, 15) is 22.4 Å². The molecule has 1 aliphatic rings. The molecule has 1 fully saturated rings. The van der Waals surface area contributed by atoms with Crippen molar-refractivity contribution in [2.24, 2.45) is 0 Å².